The van der Waals surface area contributed by atoms with Crippen LogP contribution >= 0.6 is 11.3 Å². The van der Waals surface area contributed by atoms with Gasteiger partial charge in [0.1, 0.15) is 0 Å². The Kier molecular flexibility index (Phi) is 3.36. The normalized spacial score (nSPS) is 16.2. The molecule has 0 aliphatic carbocycles. The molecule has 98 valence electrons. The second-order valence-corrected chi connectivity index (χ2v) is 5.85. The molecule has 1 aliphatic heterocycles. The van der Waals surface area contributed by atoms with Crippen LogP contribution in [0.4, 0.5) is 0 Å². The Morgan fingerprint density at radius 3 is 2.58 bits per heavy atom. The summed E-state index contributed by atoms with van der Waals surface area (Å²) < 4.78 is 0. The van der Waals surface area contributed by atoms with Crippen LogP contribution in [0.25, 0.3) is 10.4 Å². The molecule has 4 heteroatoms. The quantitative estimate of drug-likeness (QED) is 0.931. The fourth-order valence-corrected chi connectivity index (χ4v) is 3.06. The molecular formula is C15H15NO2S. The Labute approximate surface area is 116 Å². The van der Waals surface area contributed by atoms with Crippen LogP contribution in [0.5, 0.6) is 0 Å². The highest BCUT2D eigenvalue weighted by atomic mass is 32.1. The smallest absolute Gasteiger partial charge is 0.309 e. The number of hydrogen-bond donors (Lipinski definition) is 1. The zero-order chi connectivity index (χ0) is 13.2. The predicted molar refractivity (Wildman–Crippen MR) is 76.2 cm³/mol. The molecule has 3 nitrogen and oxygen atoms in total. The molecule has 2 aromatic rings. The summed E-state index contributed by atoms with van der Waals surface area (Å²) >= 11 is 1.74. The van der Waals surface area contributed by atoms with E-state index in [0.717, 1.165) is 6.54 Å². The van der Waals surface area contributed by atoms with E-state index in [0.29, 0.717) is 13.1 Å². The Bertz CT molecular complexity index is 556. The van der Waals surface area contributed by atoms with E-state index in [-0.39, 0.29) is 5.92 Å². The number of carboxylic acids is 1. The fraction of sp³-hybridized carbons (Fsp3) is 0.267. The minimum atomic E-state index is -0.677. The molecule has 0 bridgehead atoms. The SMILES string of the molecule is O=C(O)C1CN(Cc2ccc(-c3cccs3)cc2)C1. The molecular weight excluding hydrogens is 258 g/mol. The zero-order valence-corrected chi connectivity index (χ0v) is 11.3. The van der Waals surface area contributed by atoms with Gasteiger partial charge in [0, 0.05) is 24.5 Å². The van der Waals surface area contributed by atoms with Gasteiger partial charge in [0.25, 0.3) is 0 Å². The molecule has 0 unspecified atom stereocenters. The second kappa shape index (κ2) is 5.15. The lowest BCUT2D eigenvalue weighted by atomic mass is 9.99. The van der Waals surface area contributed by atoms with Gasteiger partial charge in [0.15, 0.2) is 0 Å². The first-order valence-electron chi connectivity index (χ1n) is 6.30. The summed E-state index contributed by atoms with van der Waals surface area (Å²) in [6.07, 6.45) is 0. The first-order chi connectivity index (χ1) is 9.22. The van der Waals surface area contributed by atoms with Crippen LogP contribution in [0.3, 0.4) is 0 Å². The Hall–Kier alpha value is -1.65. The highest BCUT2D eigenvalue weighted by Crippen LogP contribution is 2.25. The van der Waals surface area contributed by atoms with E-state index in [4.69, 9.17) is 5.11 Å². The molecule has 3 rings (SSSR count). The molecule has 1 aromatic heterocycles. The molecule has 0 saturated carbocycles. The number of likely N-dealkylation sites (tertiary alicyclic amines) is 1. The summed E-state index contributed by atoms with van der Waals surface area (Å²) in [6.45, 7) is 2.18. The van der Waals surface area contributed by atoms with Gasteiger partial charge < -0.3 is 5.11 Å². The summed E-state index contributed by atoms with van der Waals surface area (Å²) in [5, 5.41) is 10.9. The van der Waals surface area contributed by atoms with Crippen molar-refractivity contribution in [2.45, 2.75) is 6.54 Å². The van der Waals surface area contributed by atoms with Crippen LogP contribution in [0, 0.1) is 5.92 Å². The number of nitrogens with zero attached hydrogens (tertiary/aromatic N) is 1. The Morgan fingerprint density at radius 1 is 1.26 bits per heavy atom. The molecule has 1 N–H and O–H groups in total. The Morgan fingerprint density at radius 2 is 2.00 bits per heavy atom. The van der Waals surface area contributed by atoms with Gasteiger partial charge in [-0.25, -0.2) is 0 Å². The number of carboxylic acid groups (broad SMARTS) is 1. The van der Waals surface area contributed by atoms with E-state index in [1.165, 1.54) is 16.0 Å². The van der Waals surface area contributed by atoms with E-state index in [1.54, 1.807) is 11.3 Å². The standard InChI is InChI=1S/C15H15NO2S/c17-15(18)13-9-16(10-13)8-11-3-5-12(6-4-11)14-2-1-7-19-14/h1-7,13H,8-10H2,(H,17,18). The van der Waals surface area contributed by atoms with Gasteiger partial charge in [-0.15, -0.1) is 11.3 Å². The lowest BCUT2D eigenvalue weighted by Gasteiger charge is -2.36. The van der Waals surface area contributed by atoms with Crippen molar-refractivity contribution in [1.82, 2.24) is 4.90 Å². The van der Waals surface area contributed by atoms with Crippen LogP contribution < -0.4 is 0 Å². The van der Waals surface area contributed by atoms with E-state index in [1.807, 2.05) is 0 Å². The average molecular weight is 273 g/mol. The van der Waals surface area contributed by atoms with Gasteiger partial charge in [0.05, 0.1) is 5.92 Å². The largest absolute Gasteiger partial charge is 0.481 e. The molecule has 0 radical (unpaired) electrons. The van der Waals surface area contributed by atoms with Crippen LogP contribution in [-0.2, 0) is 11.3 Å². The van der Waals surface area contributed by atoms with Crippen molar-refractivity contribution in [2.75, 3.05) is 13.1 Å². The number of aliphatic carboxylic acids is 1. The van der Waals surface area contributed by atoms with E-state index in [9.17, 15) is 4.79 Å². The molecule has 2 heterocycles. The number of rotatable bonds is 4. The zero-order valence-electron chi connectivity index (χ0n) is 10.5. The lowest BCUT2D eigenvalue weighted by molar-refractivity contribution is -0.147. The molecule has 19 heavy (non-hydrogen) atoms. The van der Waals surface area contributed by atoms with E-state index < -0.39 is 5.97 Å². The van der Waals surface area contributed by atoms with Crippen molar-refractivity contribution >= 4 is 17.3 Å². The summed E-state index contributed by atoms with van der Waals surface area (Å²) in [4.78, 5) is 14.2. The van der Waals surface area contributed by atoms with Crippen molar-refractivity contribution in [3.63, 3.8) is 0 Å². The second-order valence-electron chi connectivity index (χ2n) is 4.90. The summed E-state index contributed by atoms with van der Waals surface area (Å²) in [5.74, 6) is -0.852. The third-order valence-electron chi connectivity index (χ3n) is 3.47. The number of carbonyl (C=O) groups is 1. The summed E-state index contributed by atoms with van der Waals surface area (Å²) in [7, 11) is 0. The maximum atomic E-state index is 10.7. The first-order valence-corrected chi connectivity index (χ1v) is 7.18. The predicted octanol–water partition coefficient (Wildman–Crippen LogP) is 2.93. The molecule has 0 amide bonds. The molecule has 1 aliphatic rings. The molecule has 1 aromatic carbocycles. The van der Waals surface area contributed by atoms with Gasteiger partial charge in [-0.1, -0.05) is 30.3 Å². The Balaban J connectivity index is 1.60. The molecule has 1 saturated heterocycles. The van der Waals surface area contributed by atoms with Gasteiger partial charge in [-0.2, -0.15) is 0 Å². The van der Waals surface area contributed by atoms with Crippen molar-refractivity contribution in [3.05, 3.63) is 47.3 Å². The average Bonchev–Trinajstić information content (AvgIpc) is 2.87. The minimum absolute atomic E-state index is 0.176. The molecule has 0 atom stereocenters. The van der Waals surface area contributed by atoms with Gasteiger partial charge in [-0.3, -0.25) is 9.69 Å². The monoisotopic (exact) mass is 273 g/mol. The summed E-state index contributed by atoms with van der Waals surface area (Å²) in [6, 6.07) is 12.7. The van der Waals surface area contributed by atoms with Crippen LogP contribution in [-0.4, -0.2) is 29.1 Å². The highest BCUT2D eigenvalue weighted by molar-refractivity contribution is 7.13. The van der Waals surface area contributed by atoms with Crippen LogP contribution in [0.2, 0.25) is 0 Å². The minimum Gasteiger partial charge on any atom is -0.481 e. The number of benzene rings is 1. The van der Waals surface area contributed by atoms with E-state index >= 15 is 0 Å². The van der Waals surface area contributed by atoms with Crippen molar-refractivity contribution in [1.29, 1.82) is 0 Å². The van der Waals surface area contributed by atoms with Crippen molar-refractivity contribution < 1.29 is 9.90 Å². The van der Waals surface area contributed by atoms with Gasteiger partial charge >= 0.3 is 5.97 Å². The highest BCUT2D eigenvalue weighted by Gasteiger charge is 2.31. The topological polar surface area (TPSA) is 40.5 Å². The number of thiophene rings is 1. The third kappa shape index (κ3) is 2.69. The number of hydrogen-bond acceptors (Lipinski definition) is 3. The molecule has 0 spiro atoms. The third-order valence-corrected chi connectivity index (χ3v) is 4.39. The molecule has 1 fully saturated rings. The lowest BCUT2D eigenvalue weighted by Crippen LogP contribution is -2.49. The maximum absolute atomic E-state index is 10.7. The fourth-order valence-electron chi connectivity index (χ4n) is 2.33. The maximum Gasteiger partial charge on any atom is 0.309 e. The first kappa shape index (κ1) is 12.4. The van der Waals surface area contributed by atoms with E-state index in [2.05, 4.69) is 46.7 Å². The van der Waals surface area contributed by atoms with Gasteiger partial charge in [0.2, 0.25) is 0 Å². The van der Waals surface area contributed by atoms with Gasteiger partial charge in [-0.05, 0) is 22.6 Å². The van der Waals surface area contributed by atoms with Crippen LogP contribution in [0.15, 0.2) is 41.8 Å². The van der Waals surface area contributed by atoms with Crippen molar-refractivity contribution in [3.8, 4) is 10.4 Å². The van der Waals surface area contributed by atoms with Crippen molar-refractivity contribution in [2.24, 2.45) is 5.92 Å². The summed E-state index contributed by atoms with van der Waals surface area (Å²) in [5.41, 5.74) is 2.48. The van der Waals surface area contributed by atoms with Crippen LogP contribution in [0.1, 0.15) is 5.56 Å².